The first-order valence-corrected chi connectivity index (χ1v) is 9.06. The van der Waals surface area contributed by atoms with E-state index in [-0.39, 0.29) is 9.79 Å². The highest BCUT2D eigenvalue weighted by molar-refractivity contribution is 7.90. The highest BCUT2D eigenvalue weighted by atomic mass is 32.2. The van der Waals surface area contributed by atoms with E-state index in [9.17, 15) is 26.7 Å². The lowest BCUT2D eigenvalue weighted by atomic mass is 10.2. The van der Waals surface area contributed by atoms with Crippen molar-refractivity contribution in [2.24, 2.45) is 0 Å². The Morgan fingerprint density at radius 1 is 1.10 bits per heavy atom. The summed E-state index contributed by atoms with van der Waals surface area (Å²) in [6.07, 6.45) is -0.463. The molecule has 21 heavy (non-hydrogen) atoms. The molecular formula is C11H15NO7S2. The average Bonchev–Trinajstić information content (AvgIpc) is 2.34. The number of carbonyl (C=O) groups is 1. The van der Waals surface area contributed by atoms with E-state index in [0.717, 1.165) is 37.4 Å². The van der Waals surface area contributed by atoms with Crippen molar-refractivity contribution in [3.8, 4) is 0 Å². The molecule has 1 rings (SSSR count). The maximum atomic E-state index is 12.0. The standard InChI is InChI=1S/C11H15NO7S2/c1-7(13)10(11(14)15)12-21(18,19)9-5-3-8(4-6-9)20(2,16)17/h3-7,10,12-13H,1-2H3,(H,14,15)/t7-,10+/m1/s1. The number of nitrogens with one attached hydrogen (secondary N) is 1. The van der Waals surface area contributed by atoms with Gasteiger partial charge in [0.05, 0.1) is 15.9 Å². The Hall–Kier alpha value is -1.49. The van der Waals surface area contributed by atoms with Gasteiger partial charge in [-0.1, -0.05) is 0 Å². The number of hydrogen-bond acceptors (Lipinski definition) is 6. The van der Waals surface area contributed by atoms with E-state index in [0.29, 0.717) is 0 Å². The van der Waals surface area contributed by atoms with Crippen LogP contribution in [0.5, 0.6) is 0 Å². The second-order valence-corrected chi connectivity index (χ2v) is 8.15. The van der Waals surface area contributed by atoms with Crippen LogP contribution in [-0.2, 0) is 24.7 Å². The third-order valence-electron chi connectivity index (χ3n) is 2.59. The molecule has 0 aliphatic rings. The van der Waals surface area contributed by atoms with Crippen molar-refractivity contribution in [1.82, 2.24) is 4.72 Å². The van der Waals surface area contributed by atoms with Gasteiger partial charge in [-0.3, -0.25) is 4.79 Å². The minimum atomic E-state index is -4.20. The molecule has 0 radical (unpaired) electrons. The Morgan fingerprint density at radius 2 is 1.52 bits per heavy atom. The fourth-order valence-electron chi connectivity index (χ4n) is 1.46. The first-order valence-electron chi connectivity index (χ1n) is 5.68. The Kier molecular flexibility index (Phi) is 5.10. The Morgan fingerprint density at radius 3 is 1.86 bits per heavy atom. The maximum Gasteiger partial charge on any atom is 0.324 e. The second-order valence-electron chi connectivity index (χ2n) is 4.42. The van der Waals surface area contributed by atoms with E-state index < -0.39 is 38.0 Å². The molecule has 0 saturated heterocycles. The number of carboxylic acids is 1. The summed E-state index contributed by atoms with van der Waals surface area (Å²) in [5.74, 6) is -1.53. The molecule has 0 heterocycles. The van der Waals surface area contributed by atoms with Crippen LogP contribution in [0.2, 0.25) is 0 Å². The van der Waals surface area contributed by atoms with Crippen LogP contribution in [0.4, 0.5) is 0 Å². The van der Waals surface area contributed by atoms with E-state index in [2.05, 4.69) is 0 Å². The summed E-state index contributed by atoms with van der Waals surface area (Å²) in [6, 6.07) is 2.58. The molecule has 0 spiro atoms. The van der Waals surface area contributed by atoms with Crippen molar-refractivity contribution in [1.29, 1.82) is 0 Å². The molecule has 3 N–H and O–H groups in total. The zero-order chi connectivity index (χ0) is 16.4. The fourth-order valence-corrected chi connectivity index (χ4v) is 3.35. The second kappa shape index (κ2) is 6.10. The molecule has 0 aliphatic heterocycles. The van der Waals surface area contributed by atoms with Gasteiger partial charge in [0.25, 0.3) is 0 Å². The minimum absolute atomic E-state index is 0.0632. The number of aliphatic hydroxyl groups excluding tert-OH is 1. The van der Waals surface area contributed by atoms with E-state index >= 15 is 0 Å². The van der Waals surface area contributed by atoms with Crippen LogP contribution in [0.3, 0.4) is 0 Å². The van der Waals surface area contributed by atoms with Crippen molar-refractivity contribution in [3.05, 3.63) is 24.3 Å². The number of sulfonamides is 1. The highest BCUT2D eigenvalue weighted by Gasteiger charge is 2.29. The highest BCUT2D eigenvalue weighted by Crippen LogP contribution is 2.15. The molecule has 0 aromatic heterocycles. The lowest BCUT2D eigenvalue weighted by Crippen LogP contribution is -2.47. The zero-order valence-electron chi connectivity index (χ0n) is 11.2. The van der Waals surface area contributed by atoms with E-state index in [1.54, 1.807) is 0 Å². The van der Waals surface area contributed by atoms with Gasteiger partial charge >= 0.3 is 5.97 Å². The summed E-state index contributed by atoms with van der Waals surface area (Å²) in [7, 11) is -7.66. The van der Waals surface area contributed by atoms with Gasteiger partial charge in [0.1, 0.15) is 6.04 Å². The summed E-state index contributed by atoms with van der Waals surface area (Å²) in [5.41, 5.74) is 0. The third kappa shape index (κ3) is 4.49. The van der Waals surface area contributed by atoms with E-state index in [1.165, 1.54) is 0 Å². The SMILES string of the molecule is C[C@@H](O)[C@H](NS(=O)(=O)c1ccc(S(C)(=O)=O)cc1)C(=O)O. The van der Waals surface area contributed by atoms with Crippen LogP contribution in [0, 0.1) is 0 Å². The van der Waals surface area contributed by atoms with E-state index in [4.69, 9.17) is 5.11 Å². The van der Waals surface area contributed by atoms with Crippen molar-refractivity contribution in [2.75, 3.05) is 6.26 Å². The molecule has 0 amide bonds. The minimum Gasteiger partial charge on any atom is -0.480 e. The quantitative estimate of drug-likeness (QED) is 0.618. The van der Waals surface area contributed by atoms with Gasteiger partial charge in [0.15, 0.2) is 9.84 Å². The molecule has 1 aromatic carbocycles. The van der Waals surface area contributed by atoms with Crippen LogP contribution in [0.15, 0.2) is 34.1 Å². The first kappa shape index (κ1) is 17.6. The Labute approximate surface area is 122 Å². The molecule has 0 aliphatic carbocycles. The molecule has 0 fully saturated rings. The third-order valence-corrected chi connectivity index (χ3v) is 5.18. The van der Waals surface area contributed by atoms with Gasteiger partial charge in [0, 0.05) is 6.26 Å². The van der Waals surface area contributed by atoms with Gasteiger partial charge in [-0.25, -0.2) is 16.8 Å². The van der Waals surface area contributed by atoms with Crippen molar-refractivity contribution >= 4 is 25.8 Å². The lowest BCUT2D eigenvalue weighted by molar-refractivity contribution is -0.141. The molecule has 0 bridgehead atoms. The Bertz CT molecular complexity index is 720. The molecule has 1 aromatic rings. The van der Waals surface area contributed by atoms with Crippen LogP contribution in [0.1, 0.15) is 6.92 Å². The van der Waals surface area contributed by atoms with Crippen LogP contribution >= 0.6 is 0 Å². The molecular weight excluding hydrogens is 322 g/mol. The summed E-state index contributed by atoms with van der Waals surface area (Å²) < 4.78 is 48.3. The van der Waals surface area contributed by atoms with Crippen molar-refractivity contribution in [2.45, 2.75) is 28.9 Å². The number of aliphatic hydroxyl groups is 1. The molecule has 2 atom stereocenters. The molecule has 8 nitrogen and oxygen atoms in total. The number of rotatable bonds is 6. The number of carboxylic acid groups (broad SMARTS) is 1. The molecule has 0 unspecified atom stereocenters. The summed E-state index contributed by atoms with van der Waals surface area (Å²) in [5, 5.41) is 18.1. The van der Waals surface area contributed by atoms with Gasteiger partial charge in [-0.2, -0.15) is 4.72 Å². The molecule has 0 saturated carbocycles. The molecule has 10 heteroatoms. The average molecular weight is 337 g/mol. The first-order chi connectivity index (χ1) is 9.45. The largest absolute Gasteiger partial charge is 0.480 e. The Balaban J connectivity index is 3.11. The predicted molar refractivity (Wildman–Crippen MR) is 73.0 cm³/mol. The van der Waals surface area contributed by atoms with Gasteiger partial charge in [-0.05, 0) is 31.2 Å². The van der Waals surface area contributed by atoms with E-state index in [1.807, 2.05) is 4.72 Å². The number of hydrogen-bond donors (Lipinski definition) is 3. The van der Waals surface area contributed by atoms with Crippen LogP contribution in [-0.4, -0.2) is 51.4 Å². The van der Waals surface area contributed by atoms with Crippen LogP contribution in [0.25, 0.3) is 0 Å². The van der Waals surface area contributed by atoms with Crippen molar-refractivity contribution in [3.63, 3.8) is 0 Å². The smallest absolute Gasteiger partial charge is 0.324 e. The summed E-state index contributed by atoms with van der Waals surface area (Å²) in [4.78, 5) is 10.5. The van der Waals surface area contributed by atoms with Crippen LogP contribution < -0.4 is 4.72 Å². The number of sulfone groups is 1. The number of aliphatic carboxylic acids is 1. The lowest BCUT2D eigenvalue weighted by Gasteiger charge is -2.17. The van der Waals surface area contributed by atoms with Gasteiger partial charge in [-0.15, -0.1) is 0 Å². The van der Waals surface area contributed by atoms with Gasteiger partial charge in [0.2, 0.25) is 10.0 Å². The normalized spacial score (nSPS) is 15.4. The topological polar surface area (TPSA) is 138 Å². The number of benzene rings is 1. The van der Waals surface area contributed by atoms with Gasteiger partial charge < -0.3 is 10.2 Å². The summed E-state index contributed by atoms with van der Waals surface area (Å²) >= 11 is 0. The molecule has 118 valence electrons. The maximum absolute atomic E-state index is 12.0. The van der Waals surface area contributed by atoms with Crippen molar-refractivity contribution < 1.29 is 31.8 Å². The predicted octanol–water partition coefficient (Wildman–Crippen LogP) is -0.798. The fraction of sp³-hybridized carbons (Fsp3) is 0.364. The zero-order valence-corrected chi connectivity index (χ0v) is 12.8. The monoisotopic (exact) mass is 337 g/mol. The summed E-state index contributed by atoms with van der Waals surface area (Å²) in [6.45, 7) is 1.13.